The van der Waals surface area contributed by atoms with E-state index < -0.39 is 12.1 Å². The van der Waals surface area contributed by atoms with Gasteiger partial charge in [-0.2, -0.15) is 18.3 Å². The zero-order valence-electron chi connectivity index (χ0n) is 20.0. The number of carboxylic acid groups (broad SMARTS) is 1. The van der Waals surface area contributed by atoms with Gasteiger partial charge < -0.3 is 14.7 Å². The predicted molar refractivity (Wildman–Crippen MR) is 122 cm³/mol. The van der Waals surface area contributed by atoms with E-state index in [0.29, 0.717) is 12.2 Å². The molecule has 2 aliphatic heterocycles. The molecule has 13 heteroatoms. The number of amides is 1. The second kappa shape index (κ2) is 11.0. The standard InChI is InChI=1S/C20H29N5O2S.C2HF3O2/c1-4-25-18(11-15(2)22-25)19(26)23-7-5-20(6-8-23)14-27-10-9-24(20)12-17-13-28-16(3)21-17;3-2(4,5)1(6)7/h11,13H,4-10,12,14H2,1-3H3;(H,6,7). The normalized spacial score (nSPS) is 18.3. The summed E-state index contributed by atoms with van der Waals surface area (Å²) in [7, 11) is 0. The second-order valence-electron chi connectivity index (χ2n) is 8.64. The average molecular weight is 518 g/mol. The minimum absolute atomic E-state index is 0.00741. The molecular weight excluding hydrogens is 487 g/mol. The number of aromatic nitrogens is 3. The highest BCUT2D eigenvalue weighted by atomic mass is 32.1. The Bertz CT molecular complexity index is 1030. The van der Waals surface area contributed by atoms with Crippen molar-refractivity contribution in [2.45, 2.75) is 58.4 Å². The van der Waals surface area contributed by atoms with E-state index in [4.69, 9.17) is 14.6 Å². The van der Waals surface area contributed by atoms with E-state index in [-0.39, 0.29) is 11.4 Å². The summed E-state index contributed by atoms with van der Waals surface area (Å²) in [4.78, 5) is 31.1. The first-order valence-corrected chi connectivity index (χ1v) is 12.2. The van der Waals surface area contributed by atoms with Crippen LogP contribution in [0.25, 0.3) is 0 Å². The third kappa shape index (κ3) is 6.58. The molecule has 35 heavy (non-hydrogen) atoms. The predicted octanol–water partition coefficient (Wildman–Crippen LogP) is 3.12. The summed E-state index contributed by atoms with van der Waals surface area (Å²) in [5, 5.41) is 14.8. The van der Waals surface area contributed by atoms with Crippen LogP contribution in [0.1, 0.15) is 46.6 Å². The summed E-state index contributed by atoms with van der Waals surface area (Å²) in [5.74, 6) is -2.66. The number of nitrogens with zero attached hydrogens (tertiary/aromatic N) is 5. The number of halogens is 3. The molecule has 0 bridgehead atoms. The molecular formula is C22H30F3N5O4S. The number of morpholine rings is 1. The lowest BCUT2D eigenvalue weighted by molar-refractivity contribution is -0.192. The van der Waals surface area contributed by atoms with Crippen LogP contribution in [0.15, 0.2) is 11.4 Å². The van der Waals surface area contributed by atoms with Crippen molar-refractivity contribution in [2.24, 2.45) is 0 Å². The Labute approximate surface area is 205 Å². The molecule has 9 nitrogen and oxygen atoms in total. The molecule has 0 aliphatic carbocycles. The summed E-state index contributed by atoms with van der Waals surface area (Å²) in [6.07, 6.45) is -3.22. The molecule has 1 amide bonds. The molecule has 1 spiro atoms. The first kappa shape index (κ1) is 27.1. The fraction of sp³-hybridized carbons (Fsp3) is 0.636. The molecule has 0 atom stereocenters. The van der Waals surface area contributed by atoms with E-state index in [2.05, 4.69) is 27.3 Å². The first-order valence-electron chi connectivity index (χ1n) is 11.3. The summed E-state index contributed by atoms with van der Waals surface area (Å²) in [6.45, 7) is 11.5. The molecule has 4 rings (SSSR count). The lowest BCUT2D eigenvalue weighted by atomic mass is 9.85. The monoisotopic (exact) mass is 517 g/mol. The number of aryl methyl sites for hydroxylation is 3. The van der Waals surface area contributed by atoms with Gasteiger partial charge >= 0.3 is 12.1 Å². The molecule has 4 heterocycles. The lowest BCUT2D eigenvalue weighted by Crippen LogP contribution is -2.61. The molecule has 0 aromatic carbocycles. The van der Waals surface area contributed by atoms with Gasteiger partial charge in [-0.1, -0.05) is 0 Å². The molecule has 2 aromatic heterocycles. The number of hydrogen-bond acceptors (Lipinski definition) is 7. The molecule has 2 saturated heterocycles. The number of rotatable bonds is 4. The maximum Gasteiger partial charge on any atom is 0.490 e. The molecule has 194 valence electrons. The Morgan fingerprint density at radius 2 is 1.89 bits per heavy atom. The van der Waals surface area contributed by atoms with Gasteiger partial charge in [-0.15, -0.1) is 11.3 Å². The minimum Gasteiger partial charge on any atom is -0.475 e. The zero-order chi connectivity index (χ0) is 25.8. The third-order valence-corrected chi connectivity index (χ3v) is 7.03. The highest BCUT2D eigenvalue weighted by Gasteiger charge is 2.43. The maximum atomic E-state index is 13.1. The van der Waals surface area contributed by atoms with Crippen molar-refractivity contribution in [1.82, 2.24) is 24.6 Å². The van der Waals surface area contributed by atoms with Gasteiger partial charge in [0.2, 0.25) is 0 Å². The summed E-state index contributed by atoms with van der Waals surface area (Å²) >= 11 is 1.71. The summed E-state index contributed by atoms with van der Waals surface area (Å²) in [6, 6.07) is 1.90. The smallest absolute Gasteiger partial charge is 0.475 e. The second-order valence-corrected chi connectivity index (χ2v) is 9.70. The van der Waals surface area contributed by atoms with Gasteiger partial charge in [0.05, 0.1) is 29.6 Å². The fourth-order valence-corrected chi connectivity index (χ4v) is 5.00. The van der Waals surface area contributed by atoms with E-state index in [9.17, 15) is 18.0 Å². The van der Waals surface area contributed by atoms with Crippen LogP contribution < -0.4 is 0 Å². The number of ether oxygens (including phenoxy) is 1. The van der Waals surface area contributed by atoms with Crippen LogP contribution in [-0.2, 0) is 22.6 Å². The Morgan fingerprint density at radius 1 is 1.23 bits per heavy atom. The van der Waals surface area contributed by atoms with Crippen LogP contribution in [0, 0.1) is 13.8 Å². The van der Waals surface area contributed by atoms with Gasteiger partial charge in [-0.05, 0) is 39.7 Å². The Kier molecular flexibility index (Phi) is 8.54. The van der Waals surface area contributed by atoms with Crippen LogP contribution in [0.4, 0.5) is 13.2 Å². The zero-order valence-corrected chi connectivity index (χ0v) is 20.8. The van der Waals surface area contributed by atoms with E-state index in [1.54, 1.807) is 11.3 Å². The van der Waals surface area contributed by atoms with Gasteiger partial charge in [0, 0.05) is 43.6 Å². The maximum absolute atomic E-state index is 13.1. The van der Waals surface area contributed by atoms with Crippen LogP contribution in [0.2, 0.25) is 0 Å². The summed E-state index contributed by atoms with van der Waals surface area (Å²) in [5.41, 5.74) is 2.74. The van der Waals surface area contributed by atoms with Crippen LogP contribution in [-0.4, -0.2) is 86.1 Å². The molecule has 2 aliphatic rings. The number of hydrogen-bond donors (Lipinski definition) is 1. The Balaban J connectivity index is 0.000000429. The highest BCUT2D eigenvalue weighted by Crippen LogP contribution is 2.33. The average Bonchev–Trinajstić information content (AvgIpc) is 3.40. The largest absolute Gasteiger partial charge is 0.490 e. The van der Waals surface area contributed by atoms with Gasteiger partial charge in [0.15, 0.2) is 0 Å². The number of thiazole rings is 1. The van der Waals surface area contributed by atoms with E-state index >= 15 is 0 Å². The molecule has 0 radical (unpaired) electrons. The van der Waals surface area contributed by atoms with Gasteiger partial charge in [-0.3, -0.25) is 14.4 Å². The summed E-state index contributed by atoms with van der Waals surface area (Å²) < 4.78 is 39.4. The SMILES string of the molecule is CCn1nc(C)cc1C(=O)N1CCC2(CC1)COCCN2Cc1csc(C)n1.O=C(O)C(F)(F)F. The Morgan fingerprint density at radius 3 is 2.43 bits per heavy atom. The van der Waals surface area contributed by atoms with Crippen molar-refractivity contribution in [3.8, 4) is 0 Å². The van der Waals surface area contributed by atoms with Crippen molar-refractivity contribution in [3.05, 3.63) is 33.5 Å². The third-order valence-electron chi connectivity index (χ3n) is 6.21. The van der Waals surface area contributed by atoms with Crippen LogP contribution >= 0.6 is 11.3 Å². The topological polar surface area (TPSA) is 101 Å². The number of carbonyl (C=O) groups is 2. The van der Waals surface area contributed by atoms with Gasteiger partial charge in [0.1, 0.15) is 5.69 Å². The van der Waals surface area contributed by atoms with Crippen molar-refractivity contribution < 1.29 is 32.6 Å². The first-order chi connectivity index (χ1) is 16.4. The number of alkyl halides is 3. The van der Waals surface area contributed by atoms with Crippen molar-refractivity contribution in [2.75, 3.05) is 32.8 Å². The molecule has 2 aromatic rings. The lowest BCUT2D eigenvalue weighted by Gasteiger charge is -2.51. The molecule has 0 unspecified atom stereocenters. The quantitative estimate of drug-likeness (QED) is 0.665. The Hall–Kier alpha value is -2.51. The number of aliphatic carboxylic acids is 1. The molecule has 1 N–H and O–H groups in total. The number of carboxylic acids is 1. The molecule has 0 saturated carbocycles. The van der Waals surface area contributed by atoms with Crippen LogP contribution in [0.5, 0.6) is 0 Å². The van der Waals surface area contributed by atoms with Crippen molar-refractivity contribution in [1.29, 1.82) is 0 Å². The van der Waals surface area contributed by atoms with Crippen molar-refractivity contribution >= 4 is 23.2 Å². The minimum atomic E-state index is -5.08. The van der Waals surface area contributed by atoms with Crippen LogP contribution in [0.3, 0.4) is 0 Å². The highest BCUT2D eigenvalue weighted by molar-refractivity contribution is 7.09. The number of carbonyl (C=O) groups excluding carboxylic acids is 1. The van der Waals surface area contributed by atoms with E-state index in [1.165, 1.54) is 0 Å². The van der Waals surface area contributed by atoms with Crippen molar-refractivity contribution in [3.63, 3.8) is 0 Å². The molecule has 2 fully saturated rings. The van der Waals surface area contributed by atoms with Gasteiger partial charge in [-0.25, -0.2) is 9.78 Å². The van der Waals surface area contributed by atoms with E-state index in [0.717, 1.165) is 68.6 Å². The number of piperidine rings is 1. The van der Waals surface area contributed by atoms with Gasteiger partial charge in [0.25, 0.3) is 5.91 Å². The van der Waals surface area contributed by atoms with E-state index in [1.807, 2.05) is 29.5 Å². The number of likely N-dealkylation sites (tertiary alicyclic amines) is 1. The fourth-order valence-electron chi connectivity index (χ4n) is 4.40.